The molecule has 0 spiro atoms. The Balaban J connectivity index is 1.64. The van der Waals surface area contributed by atoms with Gasteiger partial charge in [0.05, 0.1) is 0 Å². The number of nitrogens with one attached hydrogen (secondary N) is 1. The molecule has 0 radical (unpaired) electrons. The lowest BCUT2D eigenvalue weighted by atomic mass is 10.1. The molecule has 4 aromatic rings. The third kappa shape index (κ3) is 4.16. The lowest BCUT2D eigenvalue weighted by Gasteiger charge is -2.12. The van der Waals surface area contributed by atoms with Crippen molar-refractivity contribution in [3.05, 3.63) is 78.2 Å². The third-order valence-electron chi connectivity index (χ3n) is 4.64. The van der Waals surface area contributed by atoms with Crippen molar-refractivity contribution in [1.82, 2.24) is 24.8 Å². The van der Waals surface area contributed by atoms with E-state index < -0.39 is 0 Å². The van der Waals surface area contributed by atoms with Crippen LogP contribution < -0.4 is 5.32 Å². The minimum atomic E-state index is -0.117. The lowest BCUT2D eigenvalue weighted by molar-refractivity contribution is 0.0951. The van der Waals surface area contributed by atoms with Gasteiger partial charge in [-0.1, -0.05) is 26.0 Å². The fraction of sp³-hybridized carbons (Fsp3) is 0.217. The van der Waals surface area contributed by atoms with Crippen molar-refractivity contribution in [2.45, 2.75) is 26.9 Å². The number of benzene rings is 1. The van der Waals surface area contributed by atoms with Crippen LogP contribution in [0.3, 0.4) is 0 Å². The second-order valence-corrected chi connectivity index (χ2v) is 7.40. The number of pyridine rings is 2. The highest BCUT2D eigenvalue weighted by Gasteiger charge is 2.16. The number of carbonyl (C=O) groups excluding carboxylic acids is 1. The summed E-state index contributed by atoms with van der Waals surface area (Å²) >= 11 is 0. The fourth-order valence-corrected chi connectivity index (χ4v) is 3.30. The van der Waals surface area contributed by atoms with E-state index in [2.05, 4.69) is 33.7 Å². The Morgan fingerprint density at radius 2 is 1.90 bits per heavy atom. The summed E-state index contributed by atoms with van der Waals surface area (Å²) in [6.45, 7) is 5.60. The molecule has 1 N–H and O–H groups in total. The molecule has 0 bridgehead atoms. The quantitative estimate of drug-likeness (QED) is 0.543. The van der Waals surface area contributed by atoms with Gasteiger partial charge in [0, 0.05) is 42.8 Å². The summed E-state index contributed by atoms with van der Waals surface area (Å²) in [5.74, 6) is 1.16. The molecule has 0 aliphatic carbocycles. The Morgan fingerprint density at radius 3 is 2.69 bits per heavy atom. The van der Waals surface area contributed by atoms with Gasteiger partial charge < -0.3 is 9.88 Å². The highest BCUT2D eigenvalue weighted by molar-refractivity contribution is 5.95. The molecule has 3 heterocycles. The van der Waals surface area contributed by atoms with Gasteiger partial charge >= 0.3 is 0 Å². The van der Waals surface area contributed by atoms with Crippen LogP contribution in [0.15, 0.2) is 67.1 Å². The number of hydrogen-bond acceptors (Lipinski definition) is 4. The molecule has 0 atom stereocenters. The molecule has 3 aromatic heterocycles. The van der Waals surface area contributed by atoms with E-state index in [1.807, 2.05) is 48.5 Å². The van der Waals surface area contributed by atoms with E-state index in [1.54, 1.807) is 18.6 Å². The van der Waals surface area contributed by atoms with Gasteiger partial charge in [-0.05, 0) is 47.9 Å². The molecular weight excluding hydrogens is 362 g/mol. The van der Waals surface area contributed by atoms with Gasteiger partial charge in [-0.15, -0.1) is 0 Å². The molecule has 0 saturated carbocycles. The summed E-state index contributed by atoms with van der Waals surface area (Å²) < 4.78 is 2.13. The number of fused-ring (bicyclic) bond motifs is 1. The van der Waals surface area contributed by atoms with Gasteiger partial charge in [-0.25, -0.2) is 9.97 Å². The Kier molecular flexibility index (Phi) is 5.33. The van der Waals surface area contributed by atoms with Gasteiger partial charge in [0.25, 0.3) is 5.91 Å². The van der Waals surface area contributed by atoms with Crippen LogP contribution in [-0.2, 0) is 13.1 Å². The molecule has 4 rings (SSSR count). The number of nitrogens with zero attached hydrogens (tertiary/aromatic N) is 4. The maximum Gasteiger partial charge on any atom is 0.251 e. The molecule has 146 valence electrons. The van der Waals surface area contributed by atoms with E-state index in [1.165, 1.54) is 0 Å². The van der Waals surface area contributed by atoms with E-state index in [-0.39, 0.29) is 5.91 Å². The summed E-state index contributed by atoms with van der Waals surface area (Å²) in [5, 5.41) is 2.96. The predicted molar refractivity (Wildman–Crippen MR) is 113 cm³/mol. The molecule has 29 heavy (non-hydrogen) atoms. The molecule has 0 aliphatic heterocycles. The molecule has 0 fully saturated rings. The van der Waals surface area contributed by atoms with Gasteiger partial charge in [-0.2, -0.15) is 0 Å². The lowest BCUT2D eigenvalue weighted by Crippen LogP contribution is -2.22. The van der Waals surface area contributed by atoms with Crippen molar-refractivity contribution in [2.24, 2.45) is 5.92 Å². The zero-order chi connectivity index (χ0) is 20.2. The van der Waals surface area contributed by atoms with E-state index in [0.29, 0.717) is 18.0 Å². The zero-order valence-corrected chi connectivity index (χ0v) is 16.5. The monoisotopic (exact) mass is 385 g/mol. The second-order valence-electron chi connectivity index (χ2n) is 7.40. The maximum absolute atomic E-state index is 12.7. The fourth-order valence-electron chi connectivity index (χ4n) is 3.30. The largest absolute Gasteiger partial charge is 0.348 e. The highest BCUT2D eigenvalue weighted by atomic mass is 16.1. The average molecular weight is 385 g/mol. The number of hydrogen-bond donors (Lipinski definition) is 1. The first-order valence-electron chi connectivity index (χ1n) is 9.70. The van der Waals surface area contributed by atoms with Crippen LogP contribution in [0, 0.1) is 5.92 Å². The van der Waals surface area contributed by atoms with E-state index >= 15 is 0 Å². The van der Waals surface area contributed by atoms with Crippen LogP contribution in [0.1, 0.15) is 29.8 Å². The highest BCUT2D eigenvalue weighted by Crippen LogP contribution is 2.25. The predicted octanol–water partition coefficient (Wildman–Crippen LogP) is 4.08. The van der Waals surface area contributed by atoms with Gasteiger partial charge in [0.1, 0.15) is 11.3 Å². The molecule has 1 aromatic carbocycles. The van der Waals surface area contributed by atoms with Crippen molar-refractivity contribution < 1.29 is 4.79 Å². The number of imidazole rings is 1. The number of amides is 1. The Labute approximate surface area is 169 Å². The minimum Gasteiger partial charge on any atom is -0.348 e. The summed E-state index contributed by atoms with van der Waals surface area (Å²) in [7, 11) is 0. The summed E-state index contributed by atoms with van der Waals surface area (Å²) in [6, 6.07) is 15.2. The average Bonchev–Trinajstić information content (AvgIpc) is 3.11. The van der Waals surface area contributed by atoms with Crippen LogP contribution >= 0.6 is 0 Å². The second kappa shape index (κ2) is 8.22. The van der Waals surface area contributed by atoms with Crippen molar-refractivity contribution >= 4 is 17.1 Å². The zero-order valence-electron chi connectivity index (χ0n) is 16.5. The van der Waals surface area contributed by atoms with Crippen LogP contribution in [0.5, 0.6) is 0 Å². The minimum absolute atomic E-state index is 0.117. The normalized spacial score (nSPS) is 11.1. The first-order chi connectivity index (χ1) is 14.1. The SMILES string of the molecule is CC(C)Cn1c(-c2cccc(C(=O)NCc3ccncc3)c2)nc2cccnc21. The van der Waals surface area contributed by atoms with Crippen molar-refractivity contribution in [2.75, 3.05) is 0 Å². The number of rotatable bonds is 6. The Morgan fingerprint density at radius 1 is 1.07 bits per heavy atom. The Bertz CT molecular complexity index is 1130. The van der Waals surface area contributed by atoms with Crippen LogP contribution in [-0.4, -0.2) is 25.4 Å². The van der Waals surface area contributed by atoms with Crippen LogP contribution in [0.4, 0.5) is 0 Å². The van der Waals surface area contributed by atoms with E-state index in [9.17, 15) is 4.79 Å². The number of carbonyl (C=O) groups is 1. The number of aromatic nitrogens is 4. The topological polar surface area (TPSA) is 72.7 Å². The summed E-state index contributed by atoms with van der Waals surface area (Å²) in [4.78, 5) is 26.0. The molecular formula is C23H23N5O. The molecule has 0 saturated heterocycles. The molecule has 0 aliphatic rings. The smallest absolute Gasteiger partial charge is 0.251 e. The molecule has 6 nitrogen and oxygen atoms in total. The van der Waals surface area contributed by atoms with Gasteiger partial charge in [0.2, 0.25) is 0 Å². The maximum atomic E-state index is 12.7. The Hall–Kier alpha value is -3.54. The van der Waals surface area contributed by atoms with Crippen LogP contribution in [0.25, 0.3) is 22.6 Å². The standard InChI is InChI=1S/C23H23N5O/c1-16(2)15-28-21(27-20-7-4-10-25-22(20)28)18-5-3-6-19(13-18)23(29)26-14-17-8-11-24-12-9-17/h3-13,16H,14-15H2,1-2H3,(H,26,29). The summed E-state index contributed by atoms with van der Waals surface area (Å²) in [6.07, 6.45) is 5.22. The van der Waals surface area contributed by atoms with Crippen molar-refractivity contribution in [3.8, 4) is 11.4 Å². The van der Waals surface area contributed by atoms with Crippen LogP contribution in [0.2, 0.25) is 0 Å². The van der Waals surface area contributed by atoms with E-state index in [0.717, 1.165) is 34.7 Å². The molecule has 6 heteroatoms. The van der Waals surface area contributed by atoms with Crippen molar-refractivity contribution in [1.29, 1.82) is 0 Å². The third-order valence-corrected chi connectivity index (χ3v) is 4.64. The molecule has 0 unspecified atom stereocenters. The molecule has 1 amide bonds. The van der Waals surface area contributed by atoms with E-state index in [4.69, 9.17) is 4.98 Å². The van der Waals surface area contributed by atoms with Gasteiger partial charge in [0.15, 0.2) is 5.65 Å². The summed E-state index contributed by atoms with van der Waals surface area (Å²) in [5.41, 5.74) is 4.24. The first-order valence-corrected chi connectivity index (χ1v) is 9.70. The first kappa shape index (κ1) is 18.8. The van der Waals surface area contributed by atoms with Gasteiger partial charge in [-0.3, -0.25) is 9.78 Å². The van der Waals surface area contributed by atoms with Crippen molar-refractivity contribution in [3.63, 3.8) is 0 Å².